The van der Waals surface area contributed by atoms with E-state index in [2.05, 4.69) is 36.1 Å². The molecule has 6 nitrogen and oxygen atoms in total. The highest BCUT2D eigenvalue weighted by Crippen LogP contribution is 2.21. The third-order valence-electron chi connectivity index (χ3n) is 3.40. The van der Waals surface area contributed by atoms with Crippen molar-refractivity contribution < 1.29 is 4.74 Å². The van der Waals surface area contributed by atoms with Gasteiger partial charge in [0, 0.05) is 38.4 Å². The predicted octanol–water partition coefficient (Wildman–Crippen LogP) is 1.41. The zero-order valence-corrected chi connectivity index (χ0v) is 13.5. The second-order valence-corrected chi connectivity index (χ2v) is 5.84. The molecule has 1 aromatic heterocycles. The highest BCUT2D eigenvalue weighted by molar-refractivity contribution is 5.80. The lowest BCUT2D eigenvalue weighted by Crippen LogP contribution is -2.48. The minimum atomic E-state index is 0.0651. The van der Waals surface area contributed by atoms with Crippen LogP contribution in [0.2, 0.25) is 0 Å². The molecule has 0 aromatic carbocycles. The van der Waals surface area contributed by atoms with Crippen molar-refractivity contribution in [3.8, 4) is 0 Å². The number of morpholine rings is 1. The summed E-state index contributed by atoms with van der Waals surface area (Å²) in [5.74, 6) is 1.55. The van der Waals surface area contributed by atoms with Crippen molar-refractivity contribution in [1.29, 1.82) is 0 Å². The van der Waals surface area contributed by atoms with Crippen LogP contribution in [0.1, 0.15) is 32.4 Å². The maximum Gasteiger partial charge on any atom is 0.194 e. The number of aliphatic imine (C=N–C) groups is 1. The van der Waals surface area contributed by atoms with Gasteiger partial charge in [0.15, 0.2) is 5.96 Å². The molecule has 0 aliphatic carbocycles. The van der Waals surface area contributed by atoms with Crippen LogP contribution in [0.25, 0.3) is 0 Å². The van der Waals surface area contributed by atoms with E-state index in [1.807, 2.05) is 24.1 Å². The van der Waals surface area contributed by atoms with Gasteiger partial charge in [-0.15, -0.1) is 0 Å². The van der Waals surface area contributed by atoms with Crippen LogP contribution >= 0.6 is 0 Å². The number of rotatable bonds is 4. The topological polar surface area (TPSA) is 54.7 Å². The standard InChI is InChI=1S/C15H27N5O/c1-5-16-15(17-8-12(2)3)20-6-7-21-14(11-20)13-9-18-19(4)10-13/h9-10,12,14H,5-8,11H2,1-4H3,(H,16,17). The van der Waals surface area contributed by atoms with Crippen molar-refractivity contribution in [2.24, 2.45) is 18.0 Å². The molecule has 0 radical (unpaired) electrons. The highest BCUT2D eigenvalue weighted by atomic mass is 16.5. The fourth-order valence-corrected chi connectivity index (χ4v) is 2.34. The average Bonchev–Trinajstić information content (AvgIpc) is 2.90. The van der Waals surface area contributed by atoms with Crippen molar-refractivity contribution >= 4 is 5.96 Å². The van der Waals surface area contributed by atoms with Crippen molar-refractivity contribution in [2.45, 2.75) is 26.9 Å². The van der Waals surface area contributed by atoms with Crippen LogP contribution in [0, 0.1) is 5.92 Å². The third kappa shape index (κ3) is 4.46. The quantitative estimate of drug-likeness (QED) is 0.674. The number of hydrogen-bond acceptors (Lipinski definition) is 3. The normalized spacial score (nSPS) is 20.1. The zero-order valence-electron chi connectivity index (χ0n) is 13.5. The first-order chi connectivity index (χ1) is 10.1. The van der Waals surface area contributed by atoms with Crippen LogP contribution in [0.5, 0.6) is 0 Å². The number of nitrogens with one attached hydrogen (secondary N) is 1. The zero-order chi connectivity index (χ0) is 15.2. The van der Waals surface area contributed by atoms with E-state index in [4.69, 9.17) is 9.73 Å². The molecule has 118 valence electrons. The molecule has 1 aliphatic rings. The molecule has 1 aromatic rings. The van der Waals surface area contributed by atoms with Crippen LogP contribution < -0.4 is 5.32 Å². The number of aryl methyl sites for hydroxylation is 1. The Morgan fingerprint density at radius 2 is 2.38 bits per heavy atom. The Balaban J connectivity index is 2.05. The van der Waals surface area contributed by atoms with Gasteiger partial charge < -0.3 is 15.0 Å². The maximum atomic E-state index is 5.88. The van der Waals surface area contributed by atoms with Crippen LogP contribution in [-0.4, -0.2) is 53.4 Å². The lowest BCUT2D eigenvalue weighted by atomic mass is 10.1. The molecule has 0 bridgehead atoms. The largest absolute Gasteiger partial charge is 0.370 e. The van der Waals surface area contributed by atoms with Crippen molar-refractivity contribution in [3.05, 3.63) is 18.0 Å². The lowest BCUT2D eigenvalue weighted by molar-refractivity contribution is -0.00805. The number of nitrogens with zero attached hydrogens (tertiary/aromatic N) is 4. The number of hydrogen-bond donors (Lipinski definition) is 1. The molecular weight excluding hydrogens is 266 g/mol. The molecule has 1 N–H and O–H groups in total. The van der Waals surface area contributed by atoms with Crippen LogP contribution in [-0.2, 0) is 11.8 Å². The third-order valence-corrected chi connectivity index (χ3v) is 3.40. The first-order valence-corrected chi connectivity index (χ1v) is 7.73. The summed E-state index contributed by atoms with van der Waals surface area (Å²) >= 11 is 0. The molecule has 0 saturated carbocycles. The van der Waals surface area contributed by atoms with Gasteiger partial charge in [-0.3, -0.25) is 9.67 Å². The molecule has 1 unspecified atom stereocenters. The van der Waals surface area contributed by atoms with Gasteiger partial charge in [0.25, 0.3) is 0 Å². The van der Waals surface area contributed by atoms with Crippen LogP contribution in [0.4, 0.5) is 0 Å². The minimum absolute atomic E-state index is 0.0651. The van der Waals surface area contributed by atoms with E-state index in [0.717, 1.165) is 37.7 Å². The highest BCUT2D eigenvalue weighted by Gasteiger charge is 2.25. The molecule has 2 rings (SSSR count). The Kier molecular flexibility index (Phi) is 5.61. The summed E-state index contributed by atoms with van der Waals surface area (Å²) in [6.45, 7) is 10.6. The molecule has 1 fully saturated rings. The summed E-state index contributed by atoms with van der Waals surface area (Å²) in [5, 5.41) is 7.61. The van der Waals surface area contributed by atoms with Crippen molar-refractivity contribution in [3.63, 3.8) is 0 Å². The molecule has 0 amide bonds. The fourth-order valence-electron chi connectivity index (χ4n) is 2.34. The molecule has 21 heavy (non-hydrogen) atoms. The molecule has 1 atom stereocenters. The van der Waals surface area contributed by atoms with Gasteiger partial charge >= 0.3 is 0 Å². The van der Waals surface area contributed by atoms with Gasteiger partial charge in [0.1, 0.15) is 6.10 Å². The van der Waals surface area contributed by atoms with Gasteiger partial charge in [-0.2, -0.15) is 5.10 Å². The Morgan fingerprint density at radius 3 is 3.00 bits per heavy atom. The number of ether oxygens (including phenoxy) is 1. The summed E-state index contributed by atoms with van der Waals surface area (Å²) in [6, 6.07) is 0. The van der Waals surface area contributed by atoms with E-state index in [1.165, 1.54) is 0 Å². The second kappa shape index (κ2) is 7.45. The second-order valence-electron chi connectivity index (χ2n) is 5.84. The molecule has 1 aliphatic heterocycles. The number of guanidine groups is 1. The molecule has 6 heteroatoms. The summed E-state index contributed by atoms with van der Waals surface area (Å²) in [5.41, 5.74) is 1.13. The minimum Gasteiger partial charge on any atom is -0.370 e. The maximum absolute atomic E-state index is 5.88. The van der Waals surface area contributed by atoms with Crippen molar-refractivity contribution in [2.75, 3.05) is 32.8 Å². The fraction of sp³-hybridized carbons (Fsp3) is 0.733. The molecule has 1 saturated heterocycles. The first kappa shape index (κ1) is 15.8. The summed E-state index contributed by atoms with van der Waals surface area (Å²) < 4.78 is 7.70. The molecular formula is C15H27N5O. The van der Waals surface area contributed by atoms with Gasteiger partial charge in [0.05, 0.1) is 19.3 Å². The lowest BCUT2D eigenvalue weighted by Gasteiger charge is -2.35. The van der Waals surface area contributed by atoms with E-state index >= 15 is 0 Å². The van der Waals surface area contributed by atoms with Crippen molar-refractivity contribution in [1.82, 2.24) is 20.0 Å². The first-order valence-electron chi connectivity index (χ1n) is 7.73. The van der Waals surface area contributed by atoms with E-state index in [1.54, 1.807) is 0 Å². The van der Waals surface area contributed by atoms with E-state index in [9.17, 15) is 0 Å². The Hall–Kier alpha value is -1.56. The van der Waals surface area contributed by atoms with E-state index < -0.39 is 0 Å². The van der Waals surface area contributed by atoms with Gasteiger partial charge in [-0.1, -0.05) is 13.8 Å². The van der Waals surface area contributed by atoms with Crippen LogP contribution in [0.15, 0.2) is 17.4 Å². The monoisotopic (exact) mass is 293 g/mol. The smallest absolute Gasteiger partial charge is 0.194 e. The van der Waals surface area contributed by atoms with E-state index in [-0.39, 0.29) is 6.10 Å². The molecule has 2 heterocycles. The van der Waals surface area contributed by atoms with Gasteiger partial charge in [-0.25, -0.2) is 0 Å². The summed E-state index contributed by atoms with van der Waals surface area (Å²) in [6.07, 6.45) is 3.97. The van der Waals surface area contributed by atoms with E-state index in [0.29, 0.717) is 12.5 Å². The Labute approximate surface area is 127 Å². The Bertz CT molecular complexity index is 468. The Morgan fingerprint density at radius 1 is 1.57 bits per heavy atom. The SMILES string of the molecule is CCNC(=NCC(C)C)N1CCOC(c2cnn(C)c2)C1. The van der Waals surface area contributed by atoms with Crippen LogP contribution in [0.3, 0.4) is 0 Å². The average molecular weight is 293 g/mol. The molecule has 0 spiro atoms. The van der Waals surface area contributed by atoms with Gasteiger partial charge in [-0.05, 0) is 12.8 Å². The number of aromatic nitrogens is 2. The van der Waals surface area contributed by atoms with Gasteiger partial charge in [0.2, 0.25) is 0 Å². The summed E-state index contributed by atoms with van der Waals surface area (Å²) in [4.78, 5) is 7.01. The predicted molar refractivity (Wildman–Crippen MR) is 84.3 cm³/mol. The summed E-state index contributed by atoms with van der Waals surface area (Å²) in [7, 11) is 1.93.